The minimum absolute atomic E-state index is 0.0306. The summed E-state index contributed by atoms with van der Waals surface area (Å²) in [6, 6.07) is 3.76. The third-order valence-electron chi connectivity index (χ3n) is 3.59. The number of hydrogen-bond acceptors (Lipinski definition) is 5. The highest BCUT2D eigenvalue weighted by molar-refractivity contribution is 7.90. The highest BCUT2D eigenvalue weighted by atomic mass is 32.2. The molecule has 7 heteroatoms. The molecule has 1 aliphatic rings. The number of nitrogens with two attached hydrogens (primary N) is 1. The predicted octanol–water partition coefficient (Wildman–Crippen LogP) is 1.01. The van der Waals surface area contributed by atoms with E-state index in [0.29, 0.717) is 12.8 Å². The molecule has 4 N–H and O–H groups in total. The van der Waals surface area contributed by atoms with Crippen LogP contribution >= 0.6 is 0 Å². The summed E-state index contributed by atoms with van der Waals surface area (Å²) in [4.78, 5) is 12.2. The van der Waals surface area contributed by atoms with E-state index in [2.05, 4.69) is 5.32 Å². The standard InChI is InChI=1S/C13H18N2O4S/c1-20(18,19)9-4-5-11(16)10(8-9)15-12(17)13(14)6-2-3-7-13/h4-5,8,16H,2-3,6-7,14H2,1H3,(H,15,17). The Morgan fingerprint density at radius 1 is 1.35 bits per heavy atom. The van der Waals surface area contributed by atoms with Gasteiger partial charge in [0.1, 0.15) is 5.75 Å². The van der Waals surface area contributed by atoms with E-state index >= 15 is 0 Å². The van der Waals surface area contributed by atoms with Crippen LogP contribution in [0.3, 0.4) is 0 Å². The van der Waals surface area contributed by atoms with Crippen molar-refractivity contribution in [3.8, 4) is 5.75 Å². The first-order chi connectivity index (χ1) is 9.22. The van der Waals surface area contributed by atoms with E-state index in [0.717, 1.165) is 19.1 Å². The van der Waals surface area contributed by atoms with Crippen LogP contribution in [0.5, 0.6) is 5.75 Å². The summed E-state index contributed by atoms with van der Waals surface area (Å²) in [5.74, 6) is -0.580. The molecule has 0 spiro atoms. The molecule has 1 aromatic carbocycles. The Morgan fingerprint density at radius 3 is 2.50 bits per heavy atom. The second-order valence-corrected chi connectivity index (χ2v) is 7.28. The average Bonchev–Trinajstić information content (AvgIpc) is 2.79. The summed E-state index contributed by atoms with van der Waals surface area (Å²) in [6.45, 7) is 0. The van der Waals surface area contributed by atoms with Gasteiger partial charge in [0.25, 0.3) is 0 Å². The molecule has 110 valence electrons. The third kappa shape index (κ3) is 2.94. The Labute approximate surface area is 117 Å². The summed E-state index contributed by atoms with van der Waals surface area (Å²) in [5, 5.41) is 12.3. The Hall–Kier alpha value is -1.60. The molecule has 0 aromatic heterocycles. The SMILES string of the molecule is CS(=O)(=O)c1ccc(O)c(NC(=O)C2(N)CCCC2)c1. The molecule has 20 heavy (non-hydrogen) atoms. The normalized spacial score (nSPS) is 17.9. The number of aromatic hydroxyl groups is 1. The fourth-order valence-corrected chi connectivity index (χ4v) is 2.97. The van der Waals surface area contributed by atoms with E-state index in [4.69, 9.17) is 5.73 Å². The summed E-state index contributed by atoms with van der Waals surface area (Å²) in [7, 11) is -3.41. The molecular formula is C13H18N2O4S. The molecule has 0 saturated heterocycles. The van der Waals surface area contributed by atoms with Gasteiger partial charge in [0.05, 0.1) is 16.1 Å². The fraction of sp³-hybridized carbons (Fsp3) is 0.462. The van der Waals surface area contributed by atoms with Gasteiger partial charge in [0.2, 0.25) is 5.91 Å². The Balaban J connectivity index is 2.27. The van der Waals surface area contributed by atoms with Crippen molar-refractivity contribution in [2.24, 2.45) is 5.73 Å². The van der Waals surface area contributed by atoms with Gasteiger partial charge in [-0.1, -0.05) is 12.8 Å². The second-order valence-electron chi connectivity index (χ2n) is 5.27. The van der Waals surface area contributed by atoms with Crippen molar-refractivity contribution in [3.05, 3.63) is 18.2 Å². The molecule has 0 radical (unpaired) electrons. The van der Waals surface area contributed by atoms with E-state index in [-0.39, 0.29) is 16.3 Å². The lowest BCUT2D eigenvalue weighted by molar-refractivity contribution is -0.121. The van der Waals surface area contributed by atoms with Crippen molar-refractivity contribution >= 4 is 21.4 Å². The molecule has 2 rings (SSSR count). The van der Waals surface area contributed by atoms with Gasteiger partial charge in [0, 0.05) is 6.26 Å². The summed E-state index contributed by atoms with van der Waals surface area (Å²) < 4.78 is 23.0. The first kappa shape index (κ1) is 14.8. The molecule has 0 aliphatic heterocycles. The van der Waals surface area contributed by atoms with Crippen molar-refractivity contribution in [2.75, 3.05) is 11.6 Å². The van der Waals surface area contributed by atoms with Crippen molar-refractivity contribution in [1.29, 1.82) is 0 Å². The molecule has 0 heterocycles. The molecule has 1 aromatic rings. The van der Waals surface area contributed by atoms with Crippen LogP contribution in [0.1, 0.15) is 25.7 Å². The van der Waals surface area contributed by atoms with Gasteiger partial charge >= 0.3 is 0 Å². The topological polar surface area (TPSA) is 109 Å². The number of phenolic OH excluding ortho intramolecular Hbond substituents is 1. The van der Waals surface area contributed by atoms with Crippen LogP contribution in [0.2, 0.25) is 0 Å². The van der Waals surface area contributed by atoms with Gasteiger partial charge in [0.15, 0.2) is 9.84 Å². The molecular weight excluding hydrogens is 280 g/mol. The number of phenols is 1. The Kier molecular flexibility index (Phi) is 3.75. The monoisotopic (exact) mass is 298 g/mol. The number of rotatable bonds is 3. The first-order valence-corrected chi connectivity index (χ1v) is 8.25. The maximum atomic E-state index is 12.2. The van der Waals surface area contributed by atoms with Crippen LogP contribution in [-0.2, 0) is 14.6 Å². The molecule has 6 nitrogen and oxygen atoms in total. The smallest absolute Gasteiger partial charge is 0.244 e. The van der Waals surface area contributed by atoms with Gasteiger partial charge in [-0.2, -0.15) is 0 Å². The van der Waals surface area contributed by atoms with Crippen LogP contribution in [0.25, 0.3) is 0 Å². The summed E-state index contributed by atoms with van der Waals surface area (Å²) in [5.41, 5.74) is 5.14. The predicted molar refractivity (Wildman–Crippen MR) is 75.2 cm³/mol. The Bertz CT molecular complexity index is 634. The number of amides is 1. The molecule has 1 fully saturated rings. The van der Waals surface area contributed by atoms with E-state index in [1.807, 2.05) is 0 Å². The van der Waals surface area contributed by atoms with Crippen LogP contribution in [0.15, 0.2) is 23.1 Å². The van der Waals surface area contributed by atoms with Crippen molar-refractivity contribution < 1.29 is 18.3 Å². The molecule has 0 unspecified atom stereocenters. The zero-order valence-electron chi connectivity index (χ0n) is 11.2. The lowest BCUT2D eigenvalue weighted by atomic mass is 9.98. The van der Waals surface area contributed by atoms with Gasteiger partial charge < -0.3 is 16.2 Å². The van der Waals surface area contributed by atoms with Gasteiger partial charge in [-0.15, -0.1) is 0 Å². The summed E-state index contributed by atoms with van der Waals surface area (Å²) in [6.07, 6.45) is 4.02. The summed E-state index contributed by atoms with van der Waals surface area (Å²) >= 11 is 0. The molecule has 0 atom stereocenters. The van der Waals surface area contributed by atoms with E-state index in [9.17, 15) is 18.3 Å². The maximum Gasteiger partial charge on any atom is 0.244 e. The zero-order chi connectivity index (χ0) is 15.0. The first-order valence-electron chi connectivity index (χ1n) is 6.36. The minimum Gasteiger partial charge on any atom is -0.506 e. The number of nitrogens with one attached hydrogen (secondary N) is 1. The molecule has 1 amide bonds. The minimum atomic E-state index is -3.41. The van der Waals surface area contributed by atoms with Crippen molar-refractivity contribution in [2.45, 2.75) is 36.1 Å². The number of carbonyl (C=O) groups excluding carboxylic acids is 1. The highest BCUT2D eigenvalue weighted by Crippen LogP contribution is 2.31. The fourth-order valence-electron chi connectivity index (χ4n) is 2.33. The van der Waals surface area contributed by atoms with Crippen LogP contribution < -0.4 is 11.1 Å². The van der Waals surface area contributed by atoms with Crippen molar-refractivity contribution in [3.63, 3.8) is 0 Å². The largest absolute Gasteiger partial charge is 0.506 e. The van der Waals surface area contributed by atoms with Crippen molar-refractivity contribution in [1.82, 2.24) is 0 Å². The lowest BCUT2D eigenvalue weighted by Crippen LogP contribution is -2.48. The molecule has 1 saturated carbocycles. The van der Waals surface area contributed by atoms with Crippen LogP contribution in [0.4, 0.5) is 5.69 Å². The second kappa shape index (κ2) is 5.06. The van der Waals surface area contributed by atoms with Crippen LogP contribution in [-0.4, -0.2) is 31.2 Å². The molecule has 1 aliphatic carbocycles. The van der Waals surface area contributed by atoms with E-state index < -0.39 is 21.3 Å². The molecule has 0 bridgehead atoms. The third-order valence-corrected chi connectivity index (χ3v) is 4.70. The maximum absolute atomic E-state index is 12.2. The van der Waals surface area contributed by atoms with Gasteiger partial charge in [-0.3, -0.25) is 4.79 Å². The highest BCUT2D eigenvalue weighted by Gasteiger charge is 2.37. The quantitative estimate of drug-likeness (QED) is 0.721. The lowest BCUT2D eigenvalue weighted by Gasteiger charge is -2.22. The van der Waals surface area contributed by atoms with Gasteiger partial charge in [-0.25, -0.2) is 8.42 Å². The zero-order valence-corrected chi connectivity index (χ0v) is 12.0. The number of anilines is 1. The number of hydrogen-bond donors (Lipinski definition) is 3. The van der Waals surface area contributed by atoms with Crippen LogP contribution in [0, 0.1) is 0 Å². The van der Waals surface area contributed by atoms with E-state index in [1.165, 1.54) is 18.2 Å². The average molecular weight is 298 g/mol. The number of carbonyl (C=O) groups is 1. The number of benzene rings is 1. The van der Waals surface area contributed by atoms with Gasteiger partial charge in [-0.05, 0) is 31.0 Å². The Morgan fingerprint density at radius 2 is 1.95 bits per heavy atom. The van der Waals surface area contributed by atoms with E-state index in [1.54, 1.807) is 0 Å². The number of sulfone groups is 1.